The Kier molecular flexibility index (Phi) is 5.65. The van der Waals surface area contributed by atoms with Gasteiger partial charge in [0.1, 0.15) is 0 Å². The van der Waals surface area contributed by atoms with Crippen LogP contribution < -0.4 is 0 Å². The molecule has 0 saturated carbocycles. The SMILES string of the molecule is OCCCCCCc1cccc(Cl)c1. The van der Waals surface area contributed by atoms with E-state index >= 15 is 0 Å². The quantitative estimate of drug-likeness (QED) is 0.717. The van der Waals surface area contributed by atoms with Gasteiger partial charge in [-0.3, -0.25) is 0 Å². The van der Waals surface area contributed by atoms with Gasteiger partial charge in [0.05, 0.1) is 0 Å². The molecular weight excluding hydrogens is 196 g/mol. The van der Waals surface area contributed by atoms with E-state index in [9.17, 15) is 0 Å². The zero-order valence-electron chi connectivity index (χ0n) is 8.38. The molecule has 0 spiro atoms. The van der Waals surface area contributed by atoms with E-state index in [-0.39, 0.29) is 0 Å². The van der Waals surface area contributed by atoms with Crippen molar-refractivity contribution in [2.24, 2.45) is 0 Å². The lowest BCUT2D eigenvalue weighted by Gasteiger charge is -2.01. The van der Waals surface area contributed by atoms with E-state index in [1.165, 1.54) is 18.4 Å². The van der Waals surface area contributed by atoms with Crippen molar-refractivity contribution in [2.75, 3.05) is 6.61 Å². The van der Waals surface area contributed by atoms with Crippen molar-refractivity contribution in [2.45, 2.75) is 32.1 Å². The molecule has 0 bridgehead atoms. The van der Waals surface area contributed by atoms with Crippen LogP contribution in [0.3, 0.4) is 0 Å². The maximum absolute atomic E-state index is 8.60. The molecule has 0 atom stereocenters. The van der Waals surface area contributed by atoms with Crippen molar-refractivity contribution in [3.63, 3.8) is 0 Å². The van der Waals surface area contributed by atoms with E-state index in [0.29, 0.717) is 6.61 Å². The molecule has 0 aromatic heterocycles. The van der Waals surface area contributed by atoms with Gasteiger partial charge < -0.3 is 5.11 Å². The number of hydrogen-bond acceptors (Lipinski definition) is 1. The van der Waals surface area contributed by atoms with E-state index < -0.39 is 0 Å². The van der Waals surface area contributed by atoms with Crippen molar-refractivity contribution < 1.29 is 5.11 Å². The summed E-state index contributed by atoms with van der Waals surface area (Å²) >= 11 is 5.87. The third-order valence-electron chi connectivity index (χ3n) is 2.26. The Morgan fingerprint density at radius 2 is 1.86 bits per heavy atom. The number of aliphatic hydroxyl groups excluding tert-OH is 1. The first kappa shape index (κ1) is 11.5. The third kappa shape index (κ3) is 4.64. The second kappa shape index (κ2) is 6.86. The highest BCUT2D eigenvalue weighted by molar-refractivity contribution is 6.30. The Morgan fingerprint density at radius 1 is 1.07 bits per heavy atom. The molecule has 0 aliphatic heterocycles. The molecule has 2 heteroatoms. The number of aliphatic hydroxyl groups is 1. The molecule has 0 amide bonds. The highest BCUT2D eigenvalue weighted by Gasteiger charge is 1.94. The Hall–Kier alpha value is -0.530. The van der Waals surface area contributed by atoms with Crippen LogP contribution in [0.2, 0.25) is 5.02 Å². The van der Waals surface area contributed by atoms with Gasteiger partial charge in [-0.15, -0.1) is 0 Å². The monoisotopic (exact) mass is 212 g/mol. The van der Waals surface area contributed by atoms with Crippen molar-refractivity contribution in [1.29, 1.82) is 0 Å². The second-order valence-corrected chi connectivity index (χ2v) is 3.95. The number of rotatable bonds is 6. The van der Waals surface area contributed by atoms with Crippen LogP contribution in [-0.4, -0.2) is 11.7 Å². The minimum atomic E-state index is 0.317. The zero-order valence-corrected chi connectivity index (χ0v) is 9.13. The molecule has 78 valence electrons. The summed E-state index contributed by atoms with van der Waals surface area (Å²) in [7, 11) is 0. The van der Waals surface area contributed by atoms with E-state index in [4.69, 9.17) is 16.7 Å². The lowest BCUT2D eigenvalue weighted by atomic mass is 10.1. The Balaban J connectivity index is 2.18. The number of benzene rings is 1. The molecule has 0 aliphatic carbocycles. The molecule has 1 N–H and O–H groups in total. The molecule has 0 heterocycles. The van der Waals surface area contributed by atoms with Crippen LogP contribution in [0, 0.1) is 0 Å². The second-order valence-electron chi connectivity index (χ2n) is 3.52. The van der Waals surface area contributed by atoms with Gasteiger partial charge in [0.25, 0.3) is 0 Å². The maximum atomic E-state index is 8.60. The average Bonchev–Trinajstić information content (AvgIpc) is 2.18. The van der Waals surface area contributed by atoms with Gasteiger partial charge in [-0.05, 0) is 37.0 Å². The van der Waals surface area contributed by atoms with E-state index in [0.717, 1.165) is 24.3 Å². The smallest absolute Gasteiger partial charge is 0.0431 e. The van der Waals surface area contributed by atoms with Gasteiger partial charge in [-0.1, -0.05) is 36.6 Å². The van der Waals surface area contributed by atoms with Gasteiger partial charge in [-0.25, -0.2) is 0 Å². The third-order valence-corrected chi connectivity index (χ3v) is 2.50. The van der Waals surface area contributed by atoms with Gasteiger partial charge in [0.15, 0.2) is 0 Å². The molecule has 0 saturated heterocycles. The first-order valence-corrected chi connectivity index (χ1v) is 5.56. The fourth-order valence-electron chi connectivity index (χ4n) is 1.49. The van der Waals surface area contributed by atoms with Crippen LogP contribution in [-0.2, 0) is 6.42 Å². The molecule has 1 rings (SSSR count). The predicted octanol–water partition coefficient (Wildman–Crippen LogP) is 3.44. The first-order valence-electron chi connectivity index (χ1n) is 5.18. The molecule has 1 nitrogen and oxygen atoms in total. The van der Waals surface area contributed by atoms with Crippen LogP contribution in [0.5, 0.6) is 0 Å². The molecule has 1 aromatic rings. The summed E-state index contributed by atoms with van der Waals surface area (Å²) < 4.78 is 0. The summed E-state index contributed by atoms with van der Waals surface area (Å²) in [6.07, 6.45) is 5.51. The van der Waals surface area contributed by atoms with Crippen molar-refractivity contribution >= 4 is 11.6 Å². The van der Waals surface area contributed by atoms with Crippen LogP contribution in [0.4, 0.5) is 0 Å². The Morgan fingerprint density at radius 3 is 2.57 bits per heavy atom. The molecule has 0 unspecified atom stereocenters. The normalized spacial score (nSPS) is 10.4. The minimum Gasteiger partial charge on any atom is -0.396 e. The Labute approximate surface area is 90.7 Å². The topological polar surface area (TPSA) is 20.2 Å². The highest BCUT2D eigenvalue weighted by Crippen LogP contribution is 2.13. The van der Waals surface area contributed by atoms with Gasteiger partial charge in [0, 0.05) is 11.6 Å². The lowest BCUT2D eigenvalue weighted by Crippen LogP contribution is -1.87. The first-order chi connectivity index (χ1) is 6.83. The summed E-state index contributed by atoms with van der Waals surface area (Å²) in [5, 5.41) is 9.42. The predicted molar refractivity (Wildman–Crippen MR) is 60.7 cm³/mol. The summed E-state index contributed by atoms with van der Waals surface area (Å²) in [4.78, 5) is 0. The van der Waals surface area contributed by atoms with Gasteiger partial charge >= 0.3 is 0 Å². The molecule has 0 radical (unpaired) electrons. The van der Waals surface area contributed by atoms with Gasteiger partial charge in [0.2, 0.25) is 0 Å². The molecule has 14 heavy (non-hydrogen) atoms. The number of unbranched alkanes of at least 4 members (excludes halogenated alkanes) is 3. The summed E-state index contributed by atoms with van der Waals surface area (Å²) in [6.45, 7) is 0.317. The van der Waals surface area contributed by atoms with Crippen LogP contribution in [0.25, 0.3) is 0 Å². The van der Waals surface area contributed by atoms with Crippen molar-refractivity contribution in [3.8, 4) is 0 Å². The minimum absolute atomic E-state index is 0.317. The number of hydrogen-bond donors (Lipinski definition) is 1. The maximum Gasteiger partial charge on any atom is 0.0431 e. The molecule has 1 aromatic carbocycles. The molecule has 0 aliphatic rings. The number of aryl methyl sites for hydroxylation is 1. The largest absolute Gasteiger partial charge is 0.396 e. The average molecular weight is 213 g/mol. The van der Waals surface area contributed by atoms with E-state index in [1.807, 2.05) is 18.2 Å². The van der Waals surface area contributed by atoms with Gasteiger partial charge in [-0.2, -0.15) is 0 Å². The summed E-state index contributed by atoms with van der Waals surface area (Å²) in [5.41, 5.74) is 1.31. The Bertz CT molecular complexity index is 260. The van der Waals surface area contributed by atoms with Crippen LogP contribution in [0.15, 0.2) is 24.3 Å². The van der Waals surface area contributed by atoms with Crippen LogP contribution >= 0.6 is 11.6 Å². The number of halogens is 1. The highest BCUT2D eigenvalue weighted by atomic mass is 35.5. The van der Waals surface area contributed by atoms with E-state index in [2.05, 4.69) is 6.07 Å². The molecular formula is C12H17ClO. The van der Waals surface area contributed by atoms with Crippen molar-refractivity contribution in [3.05, 3.63) is 34.9 Å². The van der Waals surface area contributed by atoms with Crippen LogP contribution in [0.1, 0.15) is 31.2 Å². The summed E-state index contributed by atoms with van der Waals surface area (Å²) in [5.74, 6) is 0. The standard InChI is InChI=1S/C12H17ClO/c13-12-8-5-7-11(10-12)6-3-1-2-4-9-14/h5,7-8,10,14H,1-4,6,9H2. The fourth-order valence-corrected chi connectivity index (χ4v) is 1.70. The van der Waals surface area contributed by atoms with Crippen molar-refractivity contribution in [1.82, 2.24) is 0 Å². The zero-order chi connectivity index (χ0) is 10.2. The summed E-state index contributed by atoms with van der Waals surface area (Å²) in [6, 6.07) is 8.02. The van der Waals surface area contributed by atoms with E-state index in [1.54, 1.807) is 0 Å². The lowest BCUT2D eigenvalue weighted by molar-refractivity contribution is 0.282. The molecule has 0 fully saturated rings. The fraction of sp³-hybridized carbons (Fsp3) is 0.500.